The van der Waals surface area contributed by atoms with Crippen LogP contribution in [0.3, 0.4) is 0 Å². The molecule has 0 saturated heterocycles. The second-order valence-electron chi connectivity index (χ2n) is 7.32. The Kier molecular flexibility index (Phi) is 7.91. The molecule has 9 nitrogen and oxygen atoms in total. The van der Waals surface area contributed by atoms with Crippen molar-refractivity contribution >= 4 is 46.1 Å². The van der Waals surface area contributed by atoms with Gasteiger partial charge in [-0.2, -0.15) is 5.10 Å². The van der Waals surface area contributed by atoms with Crippen molar-refractivity contribution in [3.05, 3.63) is 88.1 Å². The number of benzene rings is 2. The number of hydrazone groups is 1. The molecule has 0 aliphatic heterocycles. The molecule has 0 atom stereocenters. The Morgan fingerprint density at radius 3 is 2.77 bits per heavy atom. The number of nitrogens with zero attached hydrogens (tertiary/aromatic N) is 3. The van der Waals surface area contributed by atoms with E-state index in [-0.39, 0.29) is 5.91 Å². The Morgan fingerprint density at radius 1 is 1.20 bits per heavy atom. The van der Waals surface area contributed by atoms with Crippen LogP contribution in [0.15, 0.2) is 70.5 Å². The summed E-state index contributed by atoms with van der Waals surface area (Å²) < 4.78 is 5.13. The van der Waals surface area contributed by atoms with Gasteiger partial charge >= 0.3 is 0 Å². The molecule has 0 radical (unpaired) electrons. The molecule has 0 saturated carbocycles. The van der Waals surface area contributed by atoms with Gasteiger partial charge in [0.2, 0.25) is 5.16 Å². The van der Waals surface area contributed by atoms with E-state index in [1.807, 2.05) is 54.8 Å². The van der Waals surface area contributed by atoms with Crippen LogP contribution in [-0.2, 0) is 5.75 Å². The van der Waals surface area contributed by atoms with Crippen molar-refractivity contribution in [1.82, 2.24) is 20.6 Å². The number of methoxy groups -OCH3 is 1. The predicted octanol–water partition coefficient (Wildman–Crippen LogP) is 4.49. The van der Waals surface area contributed by atoms with Gasteiger partial charge in [0.1, 0.15) is 17.1 Å². The quantitative estimate of drug-likeness (QED) is 0.175. The summed E-state index contributed by atoms with van der Waals surface area (Å²) in [5, 5.41) is 16.5. The highest BCUT2D eigenvalue weighted by Gasteiger charge is 2.19. The fourth-order valence-electron chi connectivity index (χ4n) is 3.12. The van der Waals surface area contributed by atoms with Gasteiger partial charge in [0.15, 0.2) is 0 Å². The molecule has 0 aliphatic rings. The Bertz CT molecular complexity index is 1330. The van der Waals surface area contributed by atoms with Crippen LogP contribution in [-0.4, -0.2) is 40.3 Å². The first-order chi connectivity index (χ1) is 17.0. The van der Waals surface area contributed by atoms with Crippen LogP contribution in [0, 0.1) is 6.92 Å². The van der Waals surface area contributed by atoms with Crippen LogP contribution >= 0.6 is 23.1 Å². The lowest BCUT2D eigenvalue weighted by molar-refractivity contribution is 0.0956. The average Bonchev–Trinajstić information content (AvgIpc) is 3.53. The number of nitrogens with one attached hydrogen (secondary N) is 3. The number of hydrogen-bond donors (Lipinski definition) is 3. The standard InChI is InChI=1S/C24H22N6O3S2/c1-15-12-34-23(20(15)22(32)29-26-11-16-6-8-19(33-2)9-7-16)28-21(31)18-5-3-4-17(10-18)13-35-24-25-14-27-30-24/h3-12,14H,13H2,1-2H3,(H,28,31)(H,29,32)(H,25,27,30). The zero-order valence-electron chi connectivity index (χ0n) is 18.9. The van der Waals surface area contributed by atoms with Crippen molar-refractivity contribution in [3.63, 3.8) is 0 Å². The van der Waals surface area contributed by atoms with Gasteiger partial charge in [-0.3, -0.25) is 14.7 Å². The lowest BCUT2D eigenvalue weighted by Gasteiger charge is -2.08. The molecule has 4 rings (SSSR count). The highest BCUT2D eigenvalue weighted by molar-refractivity contribution is 7.98. The number of aryl methyl sites for hydroxylation is 1. The van der Waals surface area contributed by atoms with Gasteiger partial charge in [-0.1, -0.05) is 23.9 Å². The first-order valence-electron chi connectivity index (χ1n) is 10.5. The number of hydrogen-bond acceptors (Lipinski definition) is 8. The molecular weight excluding hydrogens is 484 g/mol. The molecule has 0 fully saturated rings. The summed E-state index contributed by atoms with van der Waals surface area (Å²) in [6.07, 6.45) is 3.06. The summed E-state index contributed by atoms with van der Waals surface area (Å²) in [6.45, 7) is 1.81. The number of rotatable bonds is 9. The average molecular weight is 507 g/mol. The van der Waals surface area contributed by atoms with Crippen molar-refractivity contribution in [2.24, 2.45) is 5.10 Å². The van der Waals surface area contributed by atoms with Gasteiger partial charge in [0.25, 0.3) is 11.8 Å². The first-order valence-corrected chi connectivity index (χ1v) is 12.3. The SMILES string of the molecule is COc1ccc(C=NNC(=O)c2c(C)csc2NC(=O)c2cccc(CSc3nc[nH]n3)c2)cc1. The fraction of sp³-hybridized carbons (Fsp3) is 0.125. The van der Waals surface area contributed by atoms with E-state index >= 15 is 0 Å². The third-order valence-electron chi connectivity index (χ3n) is 4.87. The molecule has 2 aromatic heterocycles. The maximum absolute atomic E-state index is 12.9. The number of carbonyl (C=O) groups is 2. The van der Waals surface area contributed by atoms with E-state index in [4.69, 9.17) is 4.74 Å². The van der Waals surface area contributed by atoms with Crippen molar-refractivity contribution in [2.45, 2.75) is 17.8 Å². The second-order valence-corrected chi connectivity index (χ2v) is 9.14. The summed E-state index contributed by atoms with van der Waals surface area (Å²) in [7, 11) is 1.60. The van der Waals surface area contributed by atoms with Crippen molar-refractivity contribution in [1.29, 1.82) is 0 Å². The highest BCUT2D eigenvalue weighted by Crippen LogP contribution is 2.28. The molecule has 0 spiro atoms. The zero-order valence-corrected chi connectivity index (χ0v) is 20.6. The summed E-state index contributed by atoms with van der Waals surface area (Å²) in [4.78, 5) is 29.8. The lowest BCUT2D eigenvalue weighted by Crippen LogP contribution is -2.21. The Labute approximate surface area is 210 Å². The normalized spacial score (nSPS) is 10.9. The number of aromatic nitrogens is 3. The lowest BCUT2D eigenvalue weighted by atomic mass is 10.1. The van der Waals surface area contributed by atoms with Crippen LogP contribution in [0.5, 0.6) is 5.75 Å². The number of H-pyrrole nitrogens is 1. The smallest absolute Gasteiger partial charge is 0.274 e. The summed E-state index contributed by atoms with van der Waals surface area (Å²) in [6, 6.07) is 14.6. The monoisotopic (exact) mass is 506 g/mol. The number of amides is 2. The molecule has 3 N–H and O–H groups in total. The summed E-state index contributed by atoms with van der Waals surface area (Å²) in [5.74, 6) is 0.656. The molecule has 2 heterocycles. The summed E-state index contributed by atoms with van der Waals surface area (Å²) >= 11 is 2.76. The number of ether oxygens (including phenoxy) is 1. The summed E-state index contributed by atoms with van der Waals surface area (Å²) in [5.41, 5.74) is 5.92. The Morgan fingerprint density at radius 2 is 2.03 bits per heavy atom. The fourth-order valence-corrected chi connectivity index (χ4v) is 4.78. The third-order valence-corrected chi connectivity index (χ3v) is 6.82. The molecule has 4 aromatic rings. The minimum absolute atomic E-state index is 0.299. The van der Waals surface area contributed by atoms with E-state index in [1.54, 1.807) is 19.4 Å². The van der Waals surface area contributed by atoms with E-state index < -0.39 is 5.91 Å². The molecule has 0 unspecified atom stereocenters. The number of thiophene rings is 1. The number of carbonyl (C=O) groups excluding carboxylic acids is 2. The zero-order chi connectivity index (χ0) is 24.6. The van der Waals surface area contributed by atoms with Gasteiger partial charge in [-0.25, -0.2) is 10.4 Å². The molecule has 0 bridgehead atoms. The van der Waals surface area contributed by atoms with Crippen LogP contribution < -0.4 is 15.5 Å². The largest absolute Gasteiger partial charge is 0.497 e. The van der Waals surface area contributed by atoms with Gasteiger partial charge in [-0.15, -0.1) is 16.4 Å². The van der Waals surface area contributed by atoms with Crippen molar-refractivity contribution < 1.29 is 14.3 Å². The maximum Gasteiger partial charge on any atom is 0.274 e. The minimum atomic E-state index is -0.402. The van der Waals surface area contributed by atoms with Crippen molar-refractivity contribution in [2.75, 3.05) is 12.4 Å². The predicted molar refractivity (Wildman–Crippen MR) is 137 cm³/mol. The van der Waals surface area contributed by atoms with Crippen LogP contribution in [0.25, 0.3) is 0 Å². The topological polar surface area (TPSA) is 121 Å². The van der Waals surface area contributed by atoms with E-state index in [0.29, 0.717) is 27.0 Å². The number of aromatic amines is 1. The second kappa shape index (κ2) is 11.4. The van der Waals surface area contributed by atoms with Gasteiger partial charge in [0, 0.05) is 11.3 Å². The van der Waals surface area contributed by atoms with E-state index in [0.717, 1.165) is 22.4 Å². The highest BCUT2D eigenvalue weighted by atomic mass is 32.2. The molecule has 0 aliphatic carbocycles. The molecule has 11 heteroatoms. The van der Waals surface area contributed by atoms with Crippen LogP contribution in [0.4, 0.5) is 5.00 Å². The Balaban J connectivity index is 1.40. The Hall–Kier alpha value is -3.96. The van der Waals surface area contributed by atoms with Gasteiger partial charge in [0.05, 0.1) is 18.9 Å². The van der Waals surface area contributed by atoms with E-state index in [2.05, 4.69) is 31.0 Å². The number of thioether (sulfide) groups is 1. The van der Waals surface area contributed by atoms with Gasteiger partial charge < -0.3 is 10.1 Å². The molecule has 35 heavy (non-hydrogen) atoms. The third kappa shape index (κ3) is 6.34. The first kappa shape index (κ1) is 24.2. The molecule has 2 amide bonds. The van der Waals surface area contributed by atoms with Gasteiger partial charge in [-0.05, 0) is 65.4 Å². The molecule has 178 valence electrons. The van der Waals surface area contributed by atoms with E-state index in [9.17, 15) is 9.59 Å². The minimum Gasteiger partial charge on any atom is -0.497 e. The van der Waals surface area contributed by atoms with Crippen LogP contribution in [0.1, 0.15) is 37.4 Å². The maximum atomic E-state index is 12.9. The van der Waals surface area contributed by atoms with Crippen LogP contribution in [0.2, 0.25) is 0 Å². The number of anilines is 1. The molecular formula is C24H22N6O3S2. The molecule has 2 aromatic carbocycles. The van der Waals surface area contributed by atoms with E-state index in [1.165, 1.54) is 29.4 Å². The van der Waals surface area contributed by atoms with Crippen molar-refractivity contribution in [3.8, 4) is 5.75 Å².